The number of carbonyl (C=O) groups is 4. The zero-order valence-electron chi connectivity index (χ0n) is 57.5. The molecule has 5 aromatic rings. The van der Waals surface area contributed by atoms with Crippen molar-refractivity contribution >= 4 is 23.6 Å². The van der Waals surface area contributed by atoms with Crippen molar-refractivity contribution in [2.24, 2.45) is 39.9 Å². The van der Waals surface area contributed by atoms with Crippen LogP contribution >= 0.6 is 0 Å². The summed E-state index contributed by atoms with van der Waals surface area (Å²) in [7, 11) is 0. The Balaban J connectivity index is 0.000000135. The number of ether oxygens (including phenoxy) is 3. The Bertz CT molecular complexity index is 3980. The molecule has 5 fully saturated rings. The fourth-order valence-electron chi connectivity index (χ4n) is 17.6. The molecule has 3 N–H and O–H groups in total. The normalized spacial score (nSPS) is 27.6. The second kappa shape index (κ2) is 27.5. The van der Waals surface area contributed by atoms with E-state index in [1.165, 1.54) is 29.5 Å². The summed E-state index contributed by atoms with van der Waals surface area (Å²) in [5, 5.41) is 9.62. The van der Waals surface area contributed by atoms with Crippen LogP contribution in [0.25, 0.3) is 0 Å². The Morgan fingerprint density at radius 3 is 1.40 bits per heavy atom. The zero-order chi connectivity index (χ0) is 71.9. The number of nitrogens with zero attached hydrogens (tertiary/aromatic N) is 7. The maximum atomic E-state index is 13.8. The molecule has 29 heteroatoms. The molecule has 2 aromatic heterocycles. The number of carbonyl (C=O) groups excluding carboxylic acids is 4. The number of hydrogen-bond donors (Lipinski definition) is 3. The fraction of sp³-hybridized carbons (Fsp3) is 0.611. The summed E-state index contributed by atoms with van der Waals surface area (Å²) in [4.78, 5) is 82.6. The van der Waals surface area contributed by atoms with E-state index < -0.39 is 51.5 Å². The van der Waals surface area contributed by atoms with Crippen LogP contribution in [-0.4, -0.2) is 139 Å². The number of alkyl halides is 9. The van der Waals surface area contributed by atoms with E-state index in [1.54, 1.807) is 14.7 Å². The van der Waals surface area contributed by atoms with Gasteiger partial charge in [-0.25, -0.2) is 5.48 Å². The predicted molar refractivity (Wildman–Crippen MR) is 346 cm³/mol. The number of aromatic nitrogens is 3. The third-order valence-corrected chi connectivity index (χ3v) is 23.9. The number of fused-ring (bicyclic) bond motifs is 6. The molecule has 2 saturated heterocycles. The molecule has 548 valence electrons. The van der Waals surface area contributed by atoms with Gasteiger partial charge in [0.25, 0.3) is 5.56 Å². The first kappa shape index (κ1) is 71.8. The molecule has 15 rings (SSSR count). The molecule has 3 aromatic carbocycles. The quantitative estimate of drug-likeness (QED) is 0.117. The lowest BCUT2D eigenvalue weighted by atomic mass is 9.74. The molecule has 101 heavy (non-hydrogen) atoms. The molecule has 10 aliphatic rings. The van der Waals surface area contributed by atoms with Crippen molar-refractivity contribution in [1.82, 2.24) is 50.2 Å². The number of amides is 4. The van der Waals surface area contributed by atoms with Crippen molar-refractivity contribution < 1.29 is 82.3 Å². The largest absolute Gasteiger partial charge is 0.473 e. The van der Waals surface area contributed by atoms with E-state index in [0.717, 1.165) is 108 Å². The molecule has 20 nitrogen and oxygen atoms in total. The van der Waals surface area contributed by atoms with Crippen LogP contribution in [0.5, 0.6) is 17.2 Å². The van der Waals surface area contributed by atoms with Gasteiger partial charge in [-0.15, -0.1) is 0 Å². The van der Waals surface area contributed by atoms with E-state index >= 15 is 0 Å². The van der Waals surface area contributed by atoms with Gasteiger partial charge in [-0.05, 0) is 143 Å². The van der Waals surface area contributed by atoms with E-state index in [-0.39, 0.29) is 111 Å². The topological polar surface area (TPSA) is 211 Å². The standard InChI is InChI=1S/C24H29F3N4O2.C24H28F3N3O4.C24H30F3N3O4/c1-15(2)23(7-5-19(10-23)30-8-6-20-17(13-30)11-28-29-20)22(32)31-12-16-9-18(24(25,26)27)3-4-21(16)33-14-31;1-14(2)23(7-5-17(10-23)29-8-6-20-18(12-29)21(31)28-34-20)22(32)30-11-15-9-16(24(25,26)27)3-4-19(15)33-13-30;1-14(2)23(7-5-17(10-23)29-8-6-18-20(12-29)34-28-21(18)31)22(32)30-11-15-9-16(24(25,26)27)3-4-19(15)33-13-30/h3-4,9,11,15,19H,5-8,10,12-14H2,1-2H3,(H,28,29);3-4,9,14,17H,5-8,10-13H2,1-2H3,(H,28,31);3-4,9,14,17-18,20H,5-8,10-13H2,1-2H3,(H,28,31)/t19-,23+;17?,23-;17-,18?,20?,23+/m101/s1. The Morgan fingerprint density at radius 1 is 0.535 bits per heavy atom. The van der Waals surface area contributed by atoms with Crippen molar-refractivity contribution in [3.8, 4) is 17.2 Å². The number of aromatic amines is 2. The van der Waals surface area contributed by atoms with Crippen LogP contribution in [0, 0.1) is 39.9 Å². The number of likely N-dealkylation sites (tertiary alicyclic amines) is 1. The lowest BCUT2D eigenvalue weighted by Crippen LogP contribution is -2.50. The van der Waals surface area contributed by atoms with Gasteiger partial charge in [0.1, 0.15) is 29.1 Å². The minimum absolute atomic E-state index is 0.0101. The molecule has 3 unspecified atom stereocenters. The van der Waals surface area contributed by atoms with Crippen LogP contribution in [0.2, 0.25) is 0 Å². The van der Waals surface area contributed by atoms with Crippen molar-refractivity contribution in [3.05, 3.63) is 127 Å². The number of nitrogens with one attached hydrogen (secondary N) is 3. The van der Waals surface area contributed by atoms with Gasteiger partial charge in [0.05, 0.1) is 70.2 Å². The molecule has 0 spiro atoms. The van der Waals surface area contributed by atoms with Gasteiger partial charge >= 0.3 is 18.5 Å². The molecule has 3 aliphatic carbocycles. The molecular formula is C72H87F9N10O10. The van der Waals surface area contributed by atoms with Crippen LogP contribution in [0.4, 0.5) is 39.5 Å². The van der Waals surface area contributed by atoms with E-state index in [4.69, 9.17) is 23.6 Å². The van der Waals surface area contributed by atoms with Crippen molar-refractivity contribution in [2.75, 3.05) is 46.4 Å². The lowest BCUT2D eigenvalue weighted by Gasteiger charge is -2.41. The number of hydroxylamine groups is 1. The minimum Gasteiger partial charge on any atom is -0.473 e. The highest BCUT2D eigenvalue weighted by molar-refractivity contribution is 5.85. The van der Waals surface area contributed by atoms with Gasteiger partial charge in [-0.3, -0.25) is 48.6 Å². The van der Waals surface area contributed by atoms with Gasteiger partial charge in [0.15, 0.2) is 20.2 Å². The summed E-state index contributed by atoms with van der Waals surface area (Å²) in [6.07, 6.45) is -2.48. The number of rotatable bonds is 9. The third kappa shape index (κ3) is 14.0. The van der Waals surface area contributed by atoms with Gasteiger partial charge < -0.3 is 33.4 Å². The lowest BCUT2D eigenvalue weighted by molar-refractivity contribution is -0.151. The Hall–Kier alpha value is -7.63. The summed E-state index contributed by atoms with van der Waals surface area (Å²) in [6, 6.07) is 10.9. The van der Waals surface area contributed by atoms with Crippen LogP contribution in [-0.2, 0) is 88.1 Å². The number of H-pyrrole nitrogens is 2. The average Bonchev–Trinajstić information content (AvgIpc) is 1.69. The van der Waals surface area contributed by atoms with Crippen LogP contribution in [0.3, 0.4) is 0 Å². The summed E-state index contributed by atoms with van der Waals surface area (Å²) < 4.78 is 141. The van der Waals surface area contributed by atoms with E-state index in [0.29, 0.717) is 96.5 Å². The zero-order valence-corrected chi connectivity index (χ0v) is 57.5. The SMILES string of the molecule is CC(C)[C@]1(C(=O)N2COc3ccc(C(F)(F)F)cc3C2)CCC(N2CCc3o[nH]c(=O)c3C2)C1.CC(C)[C@]1(C(=O)N2COc3ccc(C(F)(F)F)cc3C2)CC[C@@H](N2CCC3C(=O)NOC3C2)C1.CC(C)[C@]1(C(=O)N2COc3ccc(C(F)(F)F)cc3C2)CC[C@@H](N2CCc3[nH]ncc3C2)C1. The highest BCUT2D eigenvalue weighted by Gasteiger charge is 2.56. The molecule has 8 atom stereocenters. The number of piperidine rings is 1. The van der Waals surface area contributed by atoms with Gasteiger partial charge in [0.2, 0.25) is 23.6 Å². The Kier molecular flexibility index (Phi) is 19.6. The Morgan fingerprint density at radius 2 is 0.960 bits per heavy atom. The summed E-state index contributed by atoms with van der Waals surface area (Å²) in [5.74, 6) is 1.81. The van der Waals surface area contributed by atoms with Gasteiger partial charge in [0, 0.05) is 91.6 Å². The molecule has 0 bridgehead atoms. The van der Waals surface area contributed by atoms with E-state index in [2.05, 4.69) is 49.4 Å². The smallest absolute Gasteiger partial charge is 0.416 e. The van der Waals surface area contributed by atoms with E-state index in [1.807, 2.05) is 33.9 Å². The summed E-state index contributed by atoms with van der Waals surface area (Å²) >= 11 is 0. The second-order valence-electron chi connectivity index (χ2n) is 30.2. The highest BCUT2D eigenvalue weighted by Crippen LogP contribution is 2.53. The molecule has 7 aliphatic heterocycles. The molecule has 3 saturated carbocycles. The predicted octanol–water partition coefficient (Wildman–Crippen LogP) is 11.6. The fourth-order valence-corrected chi connectivity index (χ4v) is 17.6. The van der Waals surface area contributed by atoms with Crippen LogP contribution in [0.15, 0.2) is 70.1 Å². The van der Waals surface area contributed by atoms with E-state index in [9.17, 15) is 63.5 Å². The summed E-state index contributed by atoms with van der Waals surface area (Å²) in [5.41, 5.74) is 2.51. The number of benzene rings is 3. The highest BCUT2D eigenvalue weighted by atomic mass is 19.4. The van der Waals surface area contributed by atoms with Gasteiger partial charge in [-0.1, -0.05) is 41.5 Å². The average molecular weight is 1420 g/mol. The van der Waals surface area contributed by atoms with Gasteiger partial charge in [-0.2, -0.15) is 49.8 Å². The van der Waals surface area contributed by atoms with Crippen molar-refractivity contribution in [2.45, 2.75) is 194 Å². The monoisotopic (exact) mass is 1420 g/mol. The minimum atomic E-state index is -4.45. The van der Waals surface area contributed by atoms with Crippen LogP contribution < -0.4 is 25.2 Å². The molecular weight excluding hydrogens is 1340 g/mol. The second-order valence-corrected chi connectivity index (χ2v) is 30.2. The Labute approximate surface area is 578 Å². The van der Waals surface area contributed by atoms with Crippen molar-refractivity contribution in [3.63, 3.8) is 0 Å². The third-order valence-electron chi connectivity index (χ3n) is 23.9. The maximum Gasteiger partial charge on any atom is 0.416 e. The summed E-state index contributed by atoms with van der Waals surface area (Å²) in [6.45, 7) is 17.2. The number of halogens is 9. The first-order valence-corrected chi connectivity index (χ1v) is 35.1. The molecule has 4 amide bonds. The van der Waals surface area contributed by atoms with Crippen LogP contribution in [0.1, 0.15) is 162 Å². The first-order chi connectivity index (χ1) is 47.8. The molecule has 0 radical (unpaired) electrons. The van der Waals surface area contributed by atoms with Crippen molar-refractivity contribution in [1.29, 1.82) is 0 Å². The molecule has 9 heterocycles. The first-order valence-electron chi connectivity index (χ1n) is 35.1. The number of hydrogen-bond acceptors (Lipinski definition) is 14. The maximum absolute atomic E-state index is 13.8.